The Kier molecular flexibility index (Phi) is 3.31. The molecule has 0 aromatic rings. The molecule has 0 aromatic heterocycles. The highest BCUT2D eigenvalue weighted by Gasteiger charge is 2.29. The van der Waals surface area contributed by atoms with Crippen LogP contribution in [0, 0.1) is 29.6 Å². The SMILES string of the molecule is C#CC(=O)NC(C)(C#N)C(C)C. The maximum absolute atomic E-state index is 10.8. The zero-order chi connectivity index (χ0) is 9.78. The minimum absolute atomic E-state index is 0.0276. The van der Waals surface area contributed by atoms with E-state index in [-0.39, 0.29) is 5.92 Å². The Morgan fingerprint density at radius 2 is 2.17 bits per heavy atom. The normalized spacial score (nSPS) is 14.2. The molecule has 0 radical (unpaired) electrons. The van der Waals surface area contributed by atoms with Crippen LogP contribution in [0.1, 0.15) is 20.8 Å². The first-order valence-corrected chi connectivity index (χ1v) is 3.66. The predicted octanol–water partition coefficient (Wildman–Crippen LogP) is 0.674. The van der Waals surface area contributed by atoms with Gasteiger partial charge in [-0.2, -0.15) is 5.26 Å². The van der Waals surface area contributed by atoms with Crippen molar-refractivity contribution < 1.29 is 4.79 Å². The average Bonchev–Trinajstić information content (AvgIpc) is 2.03. The topological polar surface area (TPSA) is 52.9 Å². The van der Waals surface area contributed by atoms with Crippen molar-refractivity contribution in [2.45, 2.75) is 26.3 Å². The average molecular weight is 164 g/mol. The second kappa shape index (κ2) is 3.78. The van der Waals surface area contributed by atoms with Crippen molar-refractivity contribution in [3.05, 3.63) is 0 Å². The van der Waals surface area contributed by atoms with Gasteiger partial charge in [-0.05, 0) is 18.8 Å². The van der Waals surface area contributed by atoms with Gasteiger partial charge in [0.05, 0.1) is 6.07 Å². The maximum atomic E-state index is 10.8. The second-order valence-corrected chi connectivity index (χ2v) is 3.07. The maximum Gasteiger partial charge on any atom is 0.296 e. The molecule has 1 unspecified atom stereocenters. The first kappa shape index (κ1) is 10.5. The summed E-state index contributed by atoms with van der Waals surface area (Å²) in [5.41, 5.74) is -0.872. The van der Waals surface area contributed by atoms with Gasteiger partial charge in [-0.15, -0.1) is 6.42 Å². The highest BCUT2D eigenvalue weighted by atomic mass is 16.1. The highest BCUT2D eigenvalue weighted by molar-refractivity contribution is 5.93. The van der Waals surface area contributed by atoms with E-state index in [0.29, 0.717) is 0 Å². The predicted molar refractivity (Wildman–Crippen MR) is 45.8 cm³/mol. The summed E-state index contributed by atoms with van der Waals surface area (Å²) in [7, 11) is 0. The van der Waals surface area contributed by atoms with Crippen molar-refractivity contribution >= 4 is 5.91 Å². The van der Waals surface area contributed by atoms with Crippen LogP contribution in [0.3, 0.4) is 0 Å². The molecule has 0 aromatic carbocycles. The number of amides is 1. The van der Waals surface area contributed by atoms with Gasteiger partial charge in [-0.25, -0.2) is 0 Å². The molecule has 0 rings (SSSR count). The van der Waals surface area contributed by atoms with E-state index in [0.717, 1.165) is 0 Å². The Bertz CT molecular complexity index is 257. The van der Waals surface area contributed by atoms with Crippen molar-refractivity contribution in [2.24, 2.45) is 5.92 Å². The third-order valence-electron chi connectivity index (χ3n) is 1.89. The molecule has 0 saturated heterocycles. The van der Waals surface area contributed by atoms with Crippen LogP contribution < -0.4 is 5.32 Å². The lowest BCUT2D eigenvalue weighted by molar-refractivity contribution is -0.117. The number of hydrogen-bond acceptors (Lipinski definition) is 2. The standard InChI is InChI=1S/C9H12N2O/c1-5-8(12)11-9(4,6-10)7(2)3/h1,7H,2-4H3,(H,11,12). The van der Waals surface area contributed by atoms with E-state index in [4.69, 9.17) is 11.7 Å². The molecular formula is C9H12N2O. The number of nitrogens with one attached hydrogen (secondary N) is 1. The molecular weight excluding hydrogens is 152 g/mol. The van der Waals surface area contributed by atoms with Crippen LogP contribution in [-0.2, 0) is 4.79 Å². The molecule has 0 aliphatic carbocycles. The highest BCUT2D eigenvalue weighted by Crippen LogP contribution is 2.14. The van der Waals surface area contributed by atoms with E-state index in [1.54, 1.807) is 6.92 Å². The molecule has 64 valence electrons. The van der Waals surface area contributed by atoms with Crippen molar-refractivity contribution in [2.75, 3.05) is 0 Å². The van der Waals surface area contributed by atoms with E-state index in [1.807, 2.05) is 25.8 Å². The van der Waals surface area contributed by atoms with Gasteiger partial charge < -0.3 is 5.32 Å². The van der Waals surface area contributed by atoms with Crippen LogP contribution in [0.25, 0.3) is 0 Å². The van der Waals surface area contributed by atoms with E-state index in [1.165, 1.54) is 0 Å². The fraction of sp³-hybridized carbons (Fsp3) is 0.556. The minimum atomic E-state index is -0.872. The van der Waals surface area contributed by atoms with Gasteiger partial charge >= 0.3 is 0 Å². The quantitative estimate of drug-likeness (QED) is 0.610. The molecule has 0 heterocycles. The zero-order valence-electron chi connectivity index (χ0n) is 7.51. The first-order valence-electron chi connectivity index (χ1n) is 3.66. The summed E-state index contributed by atoms with van der Waals surface area (Å²) in [6.07, 6.45) is 4.86. The van der Waals surface area contributed by atoms with Gasteiger partial charge in [0.25, 0.3) is 5.91 Å². The second-order valence-electron chi connectivity index (χ2n) is 3.07. The van der Waals surface area contributed by atoms with Crippen LogP contribution in [0.5, 0.6) is 0 Å². The van der Waals surface area contributed by atoms with E-state index in [2.05, 4.69) is 5.32 Å². The number of hydrogen-bond donors (Lipinski definition) is 1. The summed E-state index contributed by atoms with van der Waals surface area (Å²) in [5.74, 6) is 1.39. The number of carbonyl (C=O) groups is 1. The van der Waals surface area contributed by atoms with E-state index < -0.39 is 11.4 Å². The summed E-state index contributed by atoms with van der Waals surface area (Å²) < 4.78 is 0. The van der Waals surface area contributed by atoms with Crippen LogP contribution in [0.2, 0.25) is 0 Å². The van der Waals surface area contributed by atoms with Crippen LogP contribution in [-0.4, -0.2) is 11.4 Å². The smallest absolute Gasteiger partial charge is 0.296 e. The lowest BCUT2D eigenvalue weighted by atomic mass is 9.90. The number of rotatable bonds is 2. The van der Waals surface area contributed by atoms with E-state index in [9.17, 15) is 4.79 Å². The molecule has 0 aliphatic heterocycles. The Morgan fingerprint density at radius 3 is 2.42 bits per heavy atom. The van der Waals surface area contributed by atoms with Crippen LogP contribution in [0.15, 0.2) is 0 Å². The molecule has 0 aliphatic rings. The number of terminal acetylenes is 1. The van der Waals surface area contributed by atoms with Crippen molar-refractivity contribution in [1.82, 2.24) is 5.32 Å². The summed E-state index contributed by atoms with van der Waals surface area (Å²) in [6, 6.07) is 2.02. The van der Waals surface area contributed by atoms with Gasteiger partial charge in [-0.3, -0.25) is 4.79 Å². The fourth-order valence-electron chi connectivity index (χ4n) is 0.573. The van der Waals surface area contributed by atoms with Gasteiger partial charge in [0, 0.05) is 0 Å². The third-order valence-corrected chi connectivity index (χ3v) is 1.89. The van der Waals surface area contributed by atoms with E-state index >= 15 is 0 Å². The Labute approximate surface area is 72.8 Å². The number of carbonyl (C=O) groups excluding carboxylic acids is 1. The van der Waals surface area contributed by atoms with Crippen molar-refractivity contribution in [3.63, 3.8) is 0 Å². The Morgan fingerprint density at radius 1 is 1.67 bits per heavy atom. The Balaban J connectivity index is 4.51. The minimum Gasteiger partial charge on any atom is -0.327 e. The molecule has 1 N–H and O–H groups in total. The molecule has 0 saturated carbocycles. The largest absolute Gasteiger partial charge is 0.327 e. The summed E-state index contributed by atoms with van der Waals surface area (Å²) >= 11 is 0. The van der Waals surface area contributed by atoms with Crippen LogP contribution in [0.4, 0.5) is 0 Å². The summed E-state index contributed by atoms with van der Waals surface area (Å²) in [6.45, 7) is 5.34. The molecule has 0 spiro atoms. The van der Waals surface area contributed by atoms with Gasteiger partial charge in [-0.1, -0.05) is 13.8 Å². The summed E-state index contributed by atoms with van der Waals surface area (Å²) in [5, 5.41) is 11.2. The van der Waals surface area contributed by atoms with Gasteiger partial charge in [0.15, 0.2) is 0 Å². The molecule has 12 heavy (non-hydrogen) atoms. The van der Waals surface area contributed by atoms with Crippen LogP contribution >= 0.6 is 0 Å². The molecule has 3 nitrogen and oxygen atoms in total. The lowest BCUT2D eigenvalue weighted by Gasteiger charge is -2.25. The van der Waals surface area contributed by atoms with Crippen molar-refractivity contribution in [3.8, 4) is 18.4 Å². The van der Waals surface area contributed by atoms with Gasteiger partial charge in [0.2, 0.25) is 0 Å². The monoisotopic (exact) mass is 164 g/mol. The number of nitrogens with zero attached hydrogens (tertiary/aromatic N) is 1. The summed E-state index contributed by atoms with van der Waals surface area (Å²) in [4.78, 5) is 10.8. The molecule has 1 amide bonds. The Hall–Kier alpha value is -1.48. The van der Waals surface area contributed by atoms with Crippen molar-refractivity contribution in [1.29, 1.82) is 5.26 Å². The fourth-order valence-corrected chi connectivity index (χ4v) is 0.573. The zero-order valence-corrected chi connectivity index (χ0v) is 7.51. The third kappa shape index (κ3) is 2.29. The number of nitriles is 1. The lowest BCUT2D eigenvalue weighted by Crippen LogP contribution is -2.48. The molecule has 0 bridgehead atoms. The van der Waals surface area contributed by atoms with Gasteiger partial charge in [0.1, 0.15) is 5.54 Å². The first-order chi connectivity index (χ1) is 5.46. The molecule has 3 heteroatoms. The molecule has 1 atom stereocenters. The molecule has 0 fully saturated rings.